The Morgan fingerprint density at radius 1 is 1.04 bits per heavy atom. The third-order valence-corrected chi connectivity index (χ3v) is 4.60. The fourth-order valence-corrected chi connectivity index (χ4v) is 3.29. The first-order chi connectivity index (χ1) is 13.6. The number of hydrogen-bond donors (Lipinski definition) is 1. The van der Waals surface area contributed by atoms with E-state index in [4.69, 9.17) is 16.3 Å². The van der Waals surface area contributed by atoms with Crippen LogP contribution in [0.4, 0.5) is 0 Å². The molecule has 4 aromatic rings. The number of nitrogens with zero attached hydrogens (tertiary/aromatic N) is 2. The first kappa shape index (κ1) is 18.1. The maximum absolute atomic E-state index is 11.5. The van der Waals surface area contributed by atoms with Gasteiger partial charge in [0.25, 0.3) is 0 Å². The highest BCUT2D eigenvalue weighted by molar-refractivity contribution is 6.31. The van der Waals surface area contributed by atoms with Crippen molar-refractivity contribution in [1.29, 1.82) is 0 Å². The average Bonchev–Trinajstić information content (AvgIpc) is 3.05. The number of carbonyl (C=O) groups is 1. The lowest BCUT2D eigenvalue weighted by atomic mass is 10.1. The lowest BCUT2D eigenvalue weighted by Crippen LogP contribution is -2.10. The summed E-state index contributed by atoms with van der Waals surface area (Å²) in [6.45, 7) is 0.176. The molecule has 4 rings (SSSR count). The predicted molar refractivity (Wildman–Crippen MR) is 109 cm³/mol. The van der Waals surface area contributed by atoms with Gasteiger partial charge in [-0.15, -0.1) is 0 Å². The van der Waals surface area contributed by atoms with Gasteiger partial charge in [0.1, 0.15) is 24.7 Å². The largest absolute Gasteiger partial charge is 0.488 e. The quantitative estimate of drug-likeness (QED) is 0.500. The highest BCUT2D eigenvalue weighted by atomic mass is 35.5. The van der Waals surface area contributed by atoms with E-state index in [0.29, 0.717) is 34.3 Å². The van der Waals surface area contributed by atoms with Crippen LogP contribution in [0, 0.1) is 0 Å². The maximum atomic E-state index is 11.5. The van der Waals surface area contributed by atoms with E-state index in [9.17, 15) is 9.90 Å². The lowest BCUT2D eigenvalue weighted by molar-refractivity contribution is -0.137. The number of fused-ring (bicyclic) bond motifs is 1. The van der Waals surface area contributed by atoms with Gasteiger partial charge in [-0.1, -0.05) is 54.1 Å². The molecule has 5 nitrogen and oxygen atoms in total. The Kier molecular flexibility index (Phi) is 5.00. The second-order valence-corrected chi connectivity index (χ2v) is 6.76. The summed E-state index contributed by atoms with van der Waals surface area (Å²) in [5, 5.41) is 9.91. The van der Waals surface area contributed by atoms with E-state index in [1.807, 2.05) is 54.6 Å². The SMILES string of the molecule is O=C(O)Cn1c(-c2cc(Cl)ccc2OCc2ccccc2)nc2ccccc21. The molecule has 0 spiro atoms. The van der Waals surface area contributed by atoms with Crippen LogP contribution in [0.15, 0.2) is 72.8 Å². The molecule has 0 radical (unpaired) electrons. The van der Waals surface area contributed by atoms with Gasteiger partial charge in [-0.3, -0.25) is 4.79 Å². The summed E-state index contributed by atoms with van der Waals surface area (Å²) in [4.78, 5) is 16.1. The van der Waals surface area contributed by atoms with Gasteiger partial charge in [-0.25, -0.2) is 4.98 Å². The number of aromatic nitrogens is 2. The molecular formula is C22H17ClN2O3. The molecule has 140 valence electrons. The van der Waals surface area contributed by atoms with Crippen molar-refractivity contribution < 1.29 is 14.6 Å². The van der Waals surface area contributed by atoms with Crippen molar-refractivity contribution in [1.82, 2.24) is 9.55 Å². The molecule has 0 amide bonds. The van der Waals surface area contributed by atoms with E-state index in [2.05, 4.69) is 4.98 Å². The average molecular weight is 393 g/mol. The first-order valence-electron chi connectivity index (χ1n) is 8.75. The van der Waals surface area contributed by atoms with Gasteiger partial charge in [-0.2, -0.15) is 0 Å². The molecule has 1 heterocycles. The summed E-state index contributed by atoms with van der Waals surface area (Å²) >= 11 is 6.23. The Balaban J connectivity index is 1.80. The van der Waals surface area contributed by atoms with Crippen molar-refractivity contribution >= 4 is 28.6 Å². The Hall–Kier alpha value is -3.31. The summed E-state index contributed by atoms with van der Waals surface area (Å²) in [6.07, 6.45) is 0. The van der Waals surface area contributed by atoms with E-state index in [1.165, 1.54) is 0 Å². The van der Waals surface area contributed by atoms with Crippen LogP contribution < -0.4 is 4.74 Å². The summed E-state index contributed by atoms with van der Waals surface area (Å²) in [7, 11) is 0. The predicted octanol–water partition coefficient (Wildman–Crippen LogP) is 5.02. The smallest absolute Gasteiger partial charge is 0.323 e. The third-order valence-electron chi connectivity index (χ3n) is 4.37. The molecule has 1 aromatic heterocycles. The molecule has 6 heteroatoms. The molecule has 28 heavy (non-hydrogen) atoms. The minimum Gasteiger partial charge on any atom is -0.488 e. The molecule has 0 saturated heterocycles. The zero-order valence-corrected chi connectivity index (χ0v) is 15.6. The van der Waals surface area contributed by atoms with Gasteiger partial charge in [0.2, 0.25) is 0 Å². The topological polar surface area (TPSA) is 64.3 Å². The van der Waals surface area contributed by atoms with Gasteiger partial charge < -0.3 is 14.4 Å². The Labute approximate surface area is 166 Å². The van der Waals surface area contributed by atoms with Crippen LogP contribution in [0.3, 0.4) is 0 Å². The van der Waals surface area contributed by atoms with Crippen LogP contribution >= 0.6 is 11.6 Å². The Morgan fingerprint density at radius 2 is 1.79 bits per heavy atom. The minimum absolute atomic E-state index is 0.208. The standard InChI is InChI=1S/C22H17ClN2O3/c23-16-10-11-20(28-14-15-6-2-1-3-7-15)17(12-16)22-24-18-8-4-5-9-19(18)25(22)13-21(26)27/h1-12H,13-14H2,(H,26,27). The summed E-state index contributed by atoms with van der Waals surface area (Å²) in [5.74, 6) is 0.155. The highest BCUT2D eigenvalue weighted by Crippen LogP contribution is 2.34. The van der Waals surface area contributed by atoms with Gasteiger partial charge in [-0.05, 0) is 35.9 Å². The van der Waals surface area contributed by atoms with Gasteiger partial charge in [0, 0.05) is 5.02 Å². The number of hydrogen-bond acceptors (Lipinski definition) is 3. The molecule has 0 unspecified atom stereocenters. The summed E-state index contributed by atoms with van der Waals surface area (Å²) in [5.41, 5.74) is 3.14. The molecule has 0 saturated carbocycles. The van der Waals surface area contributed by atoms with E-state index >= 15 is 0 Å². The number of ether oxygens (including phenoxy) is 1. The van der Waals surface area contributed by atoms with Gasteiger partial charge in [0.15, 0.2) is 0 Å². The van der Waals surface area contributed by atoms with Crippen LogP contribution in [0.25, 0.3) is 22.4 Å². The maximum Gasteiger partial charge on any atom is 0.323 e. The fourth-order valence-electron chi connectivity index (χ4n) is 3.11. The zero-order chi connectivity index (χ0) is 19.5. The second-order valence-electron chi connectivity index (χ2n) is 6.32. The van der Waals surface area contributed by atoms with Gasteiger partial charge in [0.05, 0.1) is 16.6 Å². The van der Waals surface area contributed by atoms with Crippen LogP contribution in [0.5, 0.6) is 5.75 Å². The molecule has 3 aromatic carbocycles. The minimum atomic E-state index is -0.946. The molecule has 1 N–H and O–H groups in total. The van der Waals surface area contributed by atoms with Crippen molar-refractivity contribution in [2.75, 3.05) is 0 Å². The van der Waals surface area contributed by atoms with Crippen molar-refractivity contribution in [3.8, 4) is 17.1 Å². The summed E-state index contributed by atoms with van der Waals surface area (Å²) < 4.78 is 7.69. The van der Waals surface area contributed by atoms with Crippen LogP contribution in [0.2, 0.25) is 5.02 Å². The number of carboxylic acids is 1. The number of carboxylic acid groups (broad SMARTS) is 1. The second kappa shape index (κ2) is 7.74. The highest BCUT2D eigenvalue weighted by Gasteiger charge is 2.18. The molecule has 0 aliphatic rings. The number of benzene rings is 3. The monoisotopic (exact) mass is 392 g/mol. The van der Waals surface area contributed by atoms with Crippen molar-refractivity contribution in [3.05, 3.63) is 83.4 Å². The van der Waals surface area contributed by atoms with Crippen LogP contribution in [0.1, 0.15) is 5.56 Å². The first-order valence-corrected chi connectivity index (χ1v) is 9.13. The zero-order valence-electron chi connectivity index (χ0n) is 14.9. The van der Waals surface area contributed by atoms with Crippen LogP contribution in [-0.4, -0.2) is 20.6 Å². The number of rotatable bonds is 6. The van der Waals surface area contributed by atoms with E-state index in [1.54, 1.807) is 22.8 Å². The summed E-state index contributed by atoms with van der Waals surface area (Å²) in [6, 6.07) is 22.5. The lowest BCUT2D eigenvalue weighted by Gasteiger charge is -2.13. The van der Waals surface area contributed by atoms with E-state index < -0.39 is 5.97 Å². The van der Waals surface area contributed by atoms with E-state index in [0.717, 1.165) is 11.1 Å². The van der Waals surface area contributed by atoms with Crippen molar-refractivity contribution in [2.24, 2.45) is 0 Å². The Morgan fingerprint density at radius 3 is 2.57 bits per heavy atom. The molecule has 0 fully saturated rings. The normalized spacial score (nSPS) is 10.9. The molecule has 0 aliphatic carbocycles. The number of imidazole rings is 1. The molecule has 0 aliphatic heterocycles. The number of halogens is 1. The fraction of sp³-hybridized carbons (Fsp3) is 0.0909. The van der Waals surface area contributed by atoms with E-state index in [-0.39, 0.29) is 6.54 Å². The number of aliphatic carboxylic acids is 1. The van der Waals surface area contributed by atoms with Crippen molar-refractivity contribution in [2.45, 2.75) is 13.2 Å². The molecule has 0 bridgehead atoms. The molecular weight excluding hydrogens is 376 g/mol. The Bertz CT molecular complexity index is 1140. The molecule has 0 atom stereocenters. The number of para-hydroxylation sites is 2. The van der Waals surface area contributed by atoms with Crippen LogP contribution in [-0.2, 0) is 17.9 Å². The van der Waals surface area contributed by atoms with Gasteiger partial charge >= 0.3 is 5.97 Å². The third kappa shape index (κ3) is 3.70. The van der Waals surface area contributed by atoms with Crippen molar-refractivity contribution in [3.63, 3.8) is 0 Å².